The van der Waals surface area contributed by atoms with E-state index in [4.69, 9.17) is 5.73 Å². The van der Waals surface area contributed by atoms with Crippen LogP contribution < -0.4 is 16.4 Å². The number of aromatic hydroxyl groups is 1. The summed E-state index contributed by atoms with van der Waals surface area (Å²) in [5, 5.41) is 64.5. The number of hydrogen-bond donors (Lipinski definition) is 8. The molecule has 4 aliphatic rings. The van der Waals surface area contributed by atoms with Crippen LogP contribution in [0.3, 0.4) is 0 Å². The molecular weight excluding hydrogens is 556 g/mol. The van der Waals surface area contributed by atoms with E-state index < -0.39 is 75.6 Å². The van der Waals surface area contributed by atoms with Gasteiger partial charge in [0.05, 0.1) is 29.3 Å². The fourth-order valence-corrected chi connectivity index (χ4v) is 8.38. The van der Waals surface area contributed by atoms with Crippen LogP contribution in [0.2, 0.25) is 0 Å². The Bertz CT molecular complexity index is 1480. The number of carbonyl (C=O) groups excluding carboxylic acids is 3. The topological polar surface area (TPSA) is 206 Å². The number of primary amides is 1. The highest BCUT2D eigenvalue weighted by molar-refractivity contribution is 6.25. The molecule has 0 radical (unpaired) electrons. The molecule has 1 saturated heterocycles. The Balaban J connectivity index is 1.64. The predicted molar refractivity (Wildman–Crippen MR) is 158 cm³/mol. The lowest BCUT2D eigenvalue weighted by Crippen LogP contribution is -2.68. The molecule has 9 N–H and O–H groups in total. The van der Waals surface area contributed by atoms with Crippen LogP contribution in [0.25, 0.3) is 0 Å². The van der Waals surface area contributed by atoms with Gasteiger partial charge in [-0.1, -0.05) is 13.0 Å². The third-order valence-electron chi connectivity index (χ3n) is 9.68. The van der Waals surface area contributed by atoms with Crippen LogP contribution in [0.4, 0.5) is 5.69 Å². The number of phenolic OH excluding ortho intramolecular Hbond substituents is 1. The number of rotatable bonds is 4. The third-order valence-corrected chi connectivity index (χ3v) is 9.68. The van der Waals surface area contributed by atoms with Crippen molar-refractivity contribution in [2.75, 3.05) is 19.4 Å². The van der Waals surface area contributed by atoms with Crippen molar-refractivity contribution in [2.24, 2.45) is 17.6 Å². The van der Waals surface area contributed by atoms with Crippen molar-refractivity contribution in [3.63, 3.8) is 0 Å². The van der Waals surface area contributed by atoms with Gasteiger partial charge in [-0.05, 0) is 72.2 Å². The van der Waals surface area contributed by atoms with Crippen molar-refractivity contribution in [1.82, 2.24) is 10.2 Å². The molecule has 5 rings (SSSR count). The van der Waals surface area contributed by atoms with Gasteiger partial charge in [-0.25, -0.2) is 0 Å². The number of likely N-dealkylation sites (N-methyl/N-ethyl adjacent to an activating group) is 1. The van der Waals surface area contributed by atoms with Crippen molar-refractivity contribution in [3.8, 4) is 5.75 Å². The monoisotopic (exact) mass is 598 g/mol. The first-order valence-electron chi connectivity index (χ1n) is 14.5. The van der Waals surface area contributed by atoms with Gasteiger partial charge in [0, 0.05) is 28.6 Å². The Labute approximate surface area is 250 Å². The zero-order valence-electron chi connectivity index (χ0n) is 25.5. The number of piperidine rings is 1. The number of Topliss-reactive ketones (excluding diaryl/α,β-unsaturated/α-hetero) is 2. The van der Waals surface area contributed by atoms with E-state index in [0.717, 1.165) is 12.8 Å². The number of aliphatic hydroxyl groups is 4. The fraction of sp³-hybridized carbons (Fsp3) is 0.581. The number of amides is 1. The second kappa shape index (κ2) is 9.78. The Morgan fingerprint density at radius 1 is 1.07 bits per heavy atom. The normalized spacial score (nSPS) is 33.7. The molecule has 1 aromatic rings. The molecule has 234 valence electrons. The number of phenols is 1. The van der Waals surface area contributed by atoms with Gasteiger partial charge in [0.15, 0.2) is 11.4 Å². The van der Waals surface area contributed by atoms with Gasteiger partial charge in [-0.2, -0.15) is 0 Å². The Morgan fingerprint density at radius 2 is 1.65 bits per heavy atom. The van der Waals surface area contributed by atoms with Crippen LogP contribution in [0.1, 0.15) is 69.3 Å². The zero-order valence-corrected chi connectivity index (χ0v) is 25.5. The summed E-state index contributed by atoms with van der Waals surface area (Å²) in [6.07, 6.45) is -0.150. The molecule has 0 bridgehead atoms. The quantitative estimate of drug-likeness (QED) is 0.184. The number of aliphatic hydroxyl groups excluding tert-OH is 3. The van der Waals surface area contributed by atoms with Crippen LogP contribution in [0, 0.1) is 11.8 Å². The number of ketones is 2. The first kappa shape index (κ1) is 31.0. The summed E-state index contributed by atoms with van der Waals surface area (Å²) >= 11 is 0. The van der Waals surface area contributed by atoms with Crippen molar-refractivity contribution < 1.29 is 39.9 Å². The molecule has 1 amide bonds. The number of nitrogens with one attached hydrogen (secondary N) is 2. The van der Waals surface area contributed by atoms with Crippen molar-refractivity contribution in [1.29, 1.82) is 0 Å². The molecular formula is C31H42N4O8. The molecule has 3 aliphatic carbocycles. The third kappa shape index (κ3) is 4.45. The van der Waals surface area contributed by atoms with E-state index in [2.05, 4.69) is 38.3 Å². The maximum atomic E-state index is 14.1. The lowest BCUT2D eigenvalue weighted by atomic mass is 9.55. The molecule has 12 heteroatoms. The molecule has 1 aliphatic heterocycles. The van der Waals surface area contributed by atoms with Gasteiger partial charge in [0.1, 0.15) is 22.8 Å². The number of hydrogen-bond acceptors (Lipinski definition) is 11. The molecule has 1 heterocycles. The zero-order chi connectivity index (χ0) is 32.1. The number of fused-ring (bicyclic) bond motifs is 3. The number of anilines is 1. The van der Waals surface area contributed by atoms with E-state index in [-0.39, 0.29) is 28.4 Å². The van der Waals surface area contributed by atoms with Gasteiger partial charge >= 0.3 is 0 Å². The molecule has 1 aromatic carbocycles. The molecule has 2 unspecified atom stereocenters. The number of carbonyl (C=O) groups is 3. The number of nitrogens with zero attached hydrogens (tertiary/aromatic N) is 1. The molecule has 43 heavy (non-hydrogen) atoms. The molecule has 0 saturated carbocycles. The van der Waals surface area contributed by atoms with E-state index >= 15 is 0 Å². The summed E-state index contributed by atoms with van der Waals surface area (Å²) in [7, 11) is 3.00. The van der Waals surface area contributed by atoms with E-state index in [9.17, 15) is 39.9 Å². The highest BCUT2D eigenvalue weighted by atomic mass is 16.4. The fourth-order valence-electron chi connectivity index (χ4n) is 8.38. The first-order chi connectivity index (χ1) is 19.7. The lowest BCUT2D eigenvalue weighted by Gasteiger charge is -2.53. The average Bonchev–Trinajstić information content (AvgIpc) is 2.85. The predicted octanol–water partition coefficient (Wildman–Crippen LogP) is 1.37. The van der Waals surface area contributed by atoms with E-state index in [1.54, 1.807) is 19.1 Å². The van der Waals surface area contributed by atoms with Crippen LogP contribution in [-0.4, -0.2) is 96.9 Å². The largest absolute Gasteiger partial charge is 0.510 e. The van der Waals surface area contributed by atoms with Gasteiger partial charge < -0.3 is 41.9 Å². The van der Waals surface area contributed by atoms with Gasteiger partial charge in [-0.15, -0.1) is 0 Å². The second-order valence-electron chi connectivity index (χ2n) is 14.1. The number of benzene rings is 1. The highest BCUT2D eigenvalue weighted by Crippen LogP contribution is 2.56. The molecule has 0 spiro atoms. The van der Waals surface area contributed by atoms with Gasteiger partial charge in [0.25, 0.3) is 5.91 Å². The van der Waals surface area contributed by atoms with E-state index in [1.807, 2.05) is 0 Å². The smallest absolute Gasteiger partial charge is 0.255 e. The molecule has 0 aromatic heterocycles. The van der Waals surface area contributed by atoms with Gasteiger partial charge in [0.2, 0.25) is 5.78 Å². The molecule has 6 atom stereocenters. The minimum Gasteiger partial charge on any atom is -0.510 e. The minimum absolute atomic E-state index is 0.0424. The van der Waals surface area contributed by atoms with Crippen LogP contribution in [0.5, 0.6) is 5.75 Å². The summed E-state index contributed by atoms with van der Waals surface area (Å²) in [6.45, 7) is 10.1. The van der Waals surface area contributed by atoms with Crippen LogP contribution in [-0.2, 0) is 9.59 Å². The Kier molecular flexibility index (Phi) is 7.05. The Morgan fingerprint density at radius 3 is 2.19 bits per heavy atom. The molecule has 12 nitrogen and oxygen atoms in total. The van der Waals surface area contributed by atoms with E-state index in [1.165, 1.54) is 19.0 Å². The standard InChI is InChI=1S/C31H42N4O8/c1-12-14-8-9-15(33-13-10-29(2,3)34-30(4,5)11-13)22(36)17(14)23(37)18-16(12)24(38)20-21(35(6)7)25(39)19(28(32)42)27(41)31(20,43)26(18)40/h8-9,12-13,16,20-21,24,33-34,36,38-40,43H,10-11H2,1-7H3,(H2,32,42)/t12-,16?,20?,21-,24-,31-/m0/s1. The summed E-state index contributed by atoms with van der Waals surface area (Å²) in [5.41, 5.74) is 1.33. The number of nitrogens with two attached hydrogens (primary N) is 1. The highest BCUT2D eigenvalue weighted by Gasteiger charge is 2.67. The maximum absolute atomic E-state index is 14.1. The van der Waals surface area contributed by atoms with E-state index in [0.29, 0.717) is 11.3 Å². The van der Waals surface area contributed by atoms with Crippen LogP contribution in [0.15, 0.2) is 34.8 Å². The van der Waals surface area contributed by atoms with Crippen molar-refractivity contribution >= 4 is 23.2 Å². The first-order valence-corrected chi connectivity index (χ1v) is 14.5. The summed E-state index contributed by atoms with van der Waals surface area (Å²) in [5.74, 6) is -9.03. The summed E-state index contributed by atoms with van der Waals surface area (Å²) in [6, 6.07) is 2.03. The van der Waals surface area contributed by atoms with Crippen LogP contribution >= 0.6 is 0 Å². The van der Waals surface area contributed by atoms with Gasteiger partial charge in [-0.3, -0.25) is 19.3 Å². The molecule has 1 fully saturated rings. The summed E-state index contributed by atoms with van der Waals surface area (Å²) < 4.78 is 0. The Hall–Kier alpha value is -3.45. The second-order valence-corrected chi connectivity index (χ2v) is 14.1. The average molecular weight is 599 g/mol. The SMILES string of the molecule is C[C@H]1c2ccc(NC3CC(C)(C)NC(C)(C)C3)c(O)c2C(=O)C2=C(O)[C@]3(O)C(=O)C(C(N)=O)=C(O)[C@@H](N(C)C)C3[C@@H](O)C21. The van der Waals surface area contributed by atoms with Crippen molar-refractivity contribution in [3.05, 3.63) is 45.9 Å². The summed E-state index contributed by atoms with van der Waals surface area (Å²) in [4.78, 5) is 41.3. The lowest BCUT2D eigenvalue weighted by molar-refractivity contribution is -0.162. The minimum atomic E-state index is -2.94. The van der Waals surface area contributed by atoms with Crippen molar-refractivity contribution in [2.45, 2.75) is 88.2 Å². The maximum Gasteiger partial charge on any atom is 0.255 e.